The standard InChI is InChI=1S/C16H21BrClF2N5O/c1-8-13(18)10(3)24(22-8)7-5-6-21-16(26)11(4)25-9(2)12(17)14(23-25)15(19)20/h11,15H,5-7H2,1-4H3,(H,21,26). The second kappa shape index (κ2) is 8.47. The van der Waals surface area contributed by atoms with Gasteiger partial charge in [-0.3, -0.25) is 14.2 Å². The lowest BCUT2D eigenvalue weighted by molar-refractivity contribution is -0.124. The molecule has 1 amide bonds. The van der Waals surface area contributed by atoms with Crippen molar-refractivity contribution in [3.63, 3.8) is 0 Å². The van der Waals surface area contributed by atoms with Crippen molar-refractivity contribution in [3.8, 4) is 0 Å². The van der Waals surface area contributed by atoms with Crippen LogP contribution in [0.25, 0.3) is 0 Å². The highest BCUT2D eigenvalue weighted by Crippen LogP contribution is 2.30. The van der Waals surface area contributed by atoms with Gasteiger partial charge in [-0.15, -0.1) is 0 Å². The van der Waals surface area contributed by atoms with Crippen LogP contribution in [0.2, 0.25) is 5.02 Å². The zero-order valence-electron chi connectivity index (χ0n) is 15.0. The lowest BCUT2D eigenvalue weighted by Gasteiger charge is -2.14. The largest absolute Gasteiger partial charge is 0.354 e. The molecule has 0 aliphatic rings. The summed E-state index contributed by atoms with van der Waals surface area (Å²) < 4.78 is 29.2. The molecule has 0 aliphatic carbocycles. The fraction of sp³-hybridized carbons (Fsp3) is 0.562. The molecule has 0 aliphatic heterocycles. The molecule has 2 rings (SSSR count). The van der Waals surface area contributed by atoms with Crippen LogP contribution in [0.3, 0.4) is 0 Å². The maximum absolute atomic E-state index is 12.9. The molecule has 0 radical (unpaired) electrons. The predicted molar refractivity (Wildman–Crippen MR) is 98.7 cm³/mol. The van der Waals surface area contributed by atoms with Gasteiger partial charge >= 0.3 is 0 Å². The molecule has 0 saturated heterocycles. The minimum absolute atomic E-state index is 0.230. The normalized spacial score (nSPS) is 12.7. The quantitative estimate of drug-likeness (QED) is 0.643. The summed E-state index contributed by atoms with van der Waals surface area (Å²) >= 11 is 9.21. The molecule has 6 nitrogen and oxygen atoms in total. The molecule has 0 saturated carbocycles. The summed E-state index contributed by atoms with van der Waals surface area (Å²) in [7, 11) is 0. The smallest absolute Gasteiger partial charge is 0.283 e. The lowest BCUT2D eigenvalue weighted by atomic mass is 10.3. The van der Waals surface area contributed by atoms with E-state index in [0.717, 1.165) is 11.4 Å². The molecule has 1 unspecified atom stereocenters. The van der Waals surface area contributed by atoms with Crippen LogP contribution in [0.15, 0.2) is 4.47 Å². The maximum Gasteiger partial charge on any atom is 0.283 e. The highest BCUT2D eigenvalue weighted by atomic mass is 79.9. The van der Waals surface area contributed by atoms with Crippen LogP contribution >= 0.6 is 27.5 Å². The van der Waals surface area contributed by atoms with Crippen LogP contribution < -0.4 is 5.32 Å². The van der Waals surface area contributed by atoms with E-state index in [4.69, 9.17) is 11.6 Å². The van der Waals surface area contributed by atoms with Crippen molar-refractivity contribution in [2.45, 2.75) is 53.1 Å². The molecule has 2 aromatic rings. The molecule has 0 aromatic carbocycles. The van der Waals surface area contributed by atoms with Gasteiger partial charge in [-0.1, -0.05) is 11.6 Å². The summed E-state index contributed by atoms with van der Waals surface area (Å²) in [5, 5.41) is 11.6. The number of nitrogens with one attached hydrogen (secondary N) is 1. The van der Waals surface area contributed by atoms with E-state index in [1.807, 2.05) is 13.8 Å². The summed E-state index contributed by atoms with van der Waals surface area (Å²) in [5.41, 5.74) is 1.79. The summed E-state index contributed by atoms with van der Waals surface area (Å²) in [4.78, 5) is 12.3. The Morgan fingerprint density at radius 3 is 2.42 bits per heavy atom. The van der Waals surface area contributed by atoms with Crippen LogP contribution in [0, 0.1) is 20.8 Å². The van der Waals surface area contributed by atoms with Crippen LogP contribution in [-0.2, 0) is 11.3 Å². The lowest BCUT2D eigenvalue weighted by Crippen LogP contribution is -2.33. The Kier molecular flexibility index (Phi) is 6.79. The van der Waals surface area contributed by atoms with E-state index < -0.39 is 12.5 Å². The monoisotopic (exact) mass is 451 g/mol. The molecule has 0 bridgehead atoms. The van der Waals surface area contributed by atoms with Crippen molar-refractivity contribution in [1.82, 2.24) is 24.9 Å². The number of rotatable bonds is 7. The highest BCUT2D eigenvalue weighted by molar-refractivity contribution is 9.10. The molecular weight excluding hydrogens is 432 g/mol. The van der Waals surface area contributed by atoms with E-state index in [-0.39, 0.29) is 16.1 Å². The van der Waals surface area contributed by atoms with Crippen molar-refractivity contribution in [1.29, 1.82) is 0 Å². The SMILES string of the molecule is Cc1nn(CCCNC(=O)C(C)n2nc(C(F)F)c(Br)c2C)c(C)c1Cl. The van der Waals surface area contributed by atoms with Crippen molar-refractivity contribution >= 4 is 33.4 Å². The Bertz CT molecular complexity index is 805. The molecule has 0 spiro atoms. The van der Waals surface area contributed by atoms with Crippen molar-refractivity contribution < 1.29 is 13.6 Å². The number of nitrogens with zero attached hydrogens (tertiary/aromatic N) is 4. The van der Waals surface area contributed by atoms with Crippen molar-refractivity contribution in [3.05, 3.63) is 32.3 Å². The van der Waals surface area contributed by atoms with Gasteiger partial charge in [0.05, 0.1) is 26.6 Å². The topological polar surface area (TPSA) is 64.7 Å². The molecule has 1 atom stereocenters. The molecule has 2 heterocycles. The third-order valence-electron chi connectivity index (χ3n) is 4.19. The number of hydrogen-bond donors (Lipinski definition) is 1. The number of aryl methyl sites for hydroxylation is 2. The minimum atomic E-state index is -2.70. The Morgan fingerprint density at radius 2 is 1.92 bits per heavy atom. The van der Waals surface area contributed by atoms with Gasteiger partial charge < -0.3 is 5.32 Å². The van der Waals surface area contributed by atoms with Crippen LogP contribution in [0.4, 0.5) is 8.78 Å². The first kappa shape index (κ1) is 20.8. The number of carbonyl (C=O) groups excluding carboxylic acids is 1. The zero-order valence-corrected chi connectivity index (χ0v) is 17.3. The zero-order chi connectivity index (χ0) is 19.6. The van der Waals surface area contributed by atoms with Gasteiger partial charge in [0.25, 0.3) is 6.43 Å². The van der Waals surface area contributed by atoms with Crippen LogP contribution in [-0.4, -0.2) is 32.0 Å². The van der Waals surface area contributed by atoms with Gasteiger partial charge in [-0.25, -0.2) is 8.78 Å². The average molecular weight is 453 g/mol. The first-order valence-corrected chi connectivity index (χ1v) is 9.32. The number of halogens is 4. The molecule has 2 aromatic heterocycles. The van der Waals surface area contributed by atoms with E-state index >= 15 is 0 Å². The van der Waals surface area contributed by atoms with Gasteiger partial charge in [-0.2, -0.15) is 10.2 Å². The first-order chi connectivity index (χ1) is 12.1. The second-order valence-corrected chi connectivity index (χ2v) is 7.23. The molecule has 26 heavy (non-hydrogen) atoms. The Hall–Kier alpha value is -1.48. The van der Waals surface area contributed by atoms with Gasteiger partial charge in [0, 0.05) is 13.1 Å². The number of alkyl halides is 2. The molecule has 0 fully saturated rings. The first-order valence-electron chi connectivity index (χ1n) is 8.15. The number of hydrogen-bond acceptors (Lipinski definition) is 3. The van der Waals surface area contributed by atoms with Crippen molar-refractivity contribution in [2.24, 2.45) is 0 Å². The molecular formula is C16H21BrClF2N5O. The fourth-order valence-corrected chi connectivity index (χ4v) is 3.20. The van der Waals surface area contributed by atoms with E-state index in [9.17, 15) is 13.6 Å². The maximum atomic E-state index is 12.9. The highest BCUT2D eigenvalue weighted by Gasteiger charge is 2.25. The molecule has 144 valence electrons. The number of aromatic nitrogens is 4. The molecule has 1 N–H and O–H groups in total. The Morgan fingerprint density at radius 1 is 1.27 bits per heavy atom. The summed E-state index contributed by atoms with van der Waals surface area (Å²) in [6.45, 7) is 8.05. The summed E-state index contributed by atoms with van der Waals surface area (Å²) in [6, 6.07) is -0.693. The number of amides is 1. The van der Waals surface area contributed by atoms with Gasteiger partial charge in [-0.05, 0) is 50.0 Å². The van der Waals surface area contributed by atoms with E-state index in [1.165, 1.54) is 4.68 Å². The predicted octanol–water partition coefficient (Wildman–Crippen LogP) is 4.13. The van der Waals surface area contributed by atoms with Gasteiger partial charge in [0.1, 0.15) is 11.7 Å². The second-order valence-electron chi connectivity index (χ2n) is 6.06. The van der Waals surface area contributed by atoms with E-state index in [2.05, 4.69) is 31.4 Å². The third kappa shape index (κ3) is 4.25. The number of carbonyl (C=O) groups is 1. The van der Waals surface area contributed by atoms with E-state index in [1.54, 1.807) is 18.5 Å². The van der Waals surface area contributed by atoms with Gasteiger partial charge in [0.2, 0.25) is 5.91 Å². The Balaban J connectivity index is 1.91. The third-order valence-corrected chi connectivity index (χ3v) is 5.72. The summed E-state index contributed by atoms with van der Waals surface area (Å²) in [5.74, 6) is -0.282. The summed E-state index contributed by atoms with van der Waals surface area (Å²) in [6.07, 6.45) is -2.03. The minimum Gasteiger partial charge on any atom is -0.354 e. The van der Waals surface area contributed by atoms with Crippen molar-refractivity contribution in [2.75, 3.05) is 6.54 Å². The van der Waals surface area contributed by atoms with Crippen LogP contribution in [0.5, 0.6) is 0 Å². The fourth-order valence-electron chi connectivity index (χ4n) is 2.63. The van der Waals surface area contributed by atoms with Crippen LogP contribution in [0.1, 0.15) is 48.6 Å². The van der Waals surface area contributed by atoms with E-state index in [0.29, 0.717) is 30.2 Å². The Labute approximate surface area is 164 Å². The average Bonchev–Trinajstić information content (AvgIpc) is 3.02. The molecule has 10 heteroatoms. The van der Waals surface area contributed by atoms with Gasteiger partial charge in [0.15, 0.2) is 0 Å².